The van der Waals surface area contributed by atoms with Crippen LogP contribution in [0.4, 0.5) is 0 Å². The molecule has 62 valence electrons. The first-order valence-corrected chi connectivity index (χ1v) is 2.57. The number of aromatic carboxylic acids is 1. The minimum Gasteiger partial charge on any atom is -0.870 e. The summed E-state index contributed by atoms with van der Waals surface area (Å²) < 4.78 is 0. The fraction of sp³-hybridized carbons (Fsp3) is 0. The molecular weight excluding hydrogens is 148 g/mol. The molecule has 4 heteroatoms. The van der Waals surface area contributed by atoms with Gasteiger partial charge in [-0.2, -0.15) is 0 Å². The Morgan fingerprint density at radius 1 is 1.09 bits per heavy atom. The third-order valence-corrected chi connectivity index (χ3v) is 1.01. The van der Waals surface area contributed by atoms with E-state index in [1.807, 2.05) is 0 Å². The van der Waals surface area contributed by atoms with Crippen molar-refractivity contribution >= 4 is 5.97 Å². The van der Waals surface area contributed by atoms with E-state index in [1.165, 1.54) is 12.1 Å². The predicted octanol–water partition coefficient (Wildman–Crippen LogP) is -0.303. The summed E-state index contributed by atoms with van der Waals surface area (Å²) in [5, 5.41) is 10.1. The maximum atomic E-state index is 10.1. The Bertz CT molecular complexity index is 207. The van der Waals surface area contributed by atoms with Crippen molar-refractivity contribution in [3.63, 3.8) is 0 Å². The Labute approximate surface area is 63.7 Å². The fourth-order valence-corrected chi connectivity index (χ4v) is 0.574. The molecule has 0 aliphatic heterocycles. The molecule has 0 aliphatic carbocycles. The molecule has 1 aromatic carbocycles. The van der Waals surface area contributed by atoms with Crippen molar-refractivity contribution in [3.8, 4) is 0 Å². The van der Waals surface area contributed by atoms with Crippen molar-refractivity contribution in [2.75, 3.05) is 0 Å². The highest BCUT2D eigenvalue weighted by Gasteiger charge is 1.85. The number of carbonyl (C=O) groups excluding carboxylic acids is 1. The number of hydrogen-bond donors (Lipinski definition) is 0. The first-order chi connectivity index (χ1) is 4.30. The summed E-state index contributed by atoms with van der Waals surface area (Å²) in [6.07, 6.45) is 0. The minimum atomic E-state index is -1.13. The zero-order valence-corrected chi connectivity index (χ0v) is 5.60. The average molecular weight is 155 g/mol. The van der Waals surface area contributed by atoms with E-state index in [0.29, 0.717) is 0 Å². The van der Waals surface area contributed by atoms with Crippen LogP contribution in [0.25, 0.3) is 0 Å². The molecule has 0 saturated heterocycles. The number of benzene rings is 1. The Balaban J connectivity index is 0. The van der Waals surface area contributed by atoms with Crippen molar-refractivity contribution in [3.05, 3.63) is 35.9 Å². The lowest BCUT2D eigenvalue weighted by Crippen LogP contribution is -2.21. The van der Waals surface area contributed by atoms with Gasteiger partial charge in [0.2, 0.25) is 0 Å². The van der Waals surface area contributed by atoms with Gasteiger partial charge < -0.3 is 20.9 Å². The zero-order valence-electron chi connectivity index (χ0n) is 5.60. The molecule has 11 heavy (non-hydrogen) atoms. The van der Waals surface area contributed by atoms with Crippen LogP contribution in [-0.4, -0.2) is 16.9 Å². The standard InChI is InChI=1S/C7H6O2.2H2O/c8-7(9)6-4-2-1-3-5-6;;/h1-5H,(H,8,9);2*1H2/p-3. The summed E-state index contributed by atoms with van der Waals surface area (Å²) in [5.74, 6) is -1.13. The fourth-order valence-electron chi connectivity index (χ4n) is 0.574. The first kappa shape index (κ1) is 12.3. The van der Waals surface area contributed by atoms with Crippen LogP contribution in [0.15, 0.2) is 30.3 Å². The molecule has 0 fully saturated rings. The number of carboxylic acid groups (broad SMARTS) is 1. The monoisotopic (exact) mass is 155 g/mol. The second-order valence-corrected chi connectivity index (χ2v) is 1.65. The van der Waals surface area contributed by atoms with E-state index in [4.69, 9.17) is 0 Å². The number of hydrogen-bond acceptors (Lipinski definition) is 4. The van der Waals surface area contributed by atoms with Crippen LogP contribution in [0.2, 0.25) is 0 Å². The van der Waals surface area contributed by atoms with Crippen molar-refractivity contribution in [1.29, 1.82) is 0 Å². The van der Waals surface area contributed by atoms with E-state index in [2.05, 4.69) is 0 Å². The Kier molecular flexibility index (Phi) is 6.04. The lowest BCUT2D eigenvalue weighted by atomic mass is 10.2. The van der Waals surface area contributed by atoms with E-state index in [1.54, 1.807) is 18.2 Å². The van der Waals surface area contributed by atoms with Gasteiger partial charge in [0.25, 0.3) is 0 Å². The average Bonchev–Trinajstić information content (AvgIpc) is 1.90. The number of rotatable bonds is 1. The second kappa shape index (κ2) is 5.40. The normalized spacial score (nSPS) is 7.27. The Hall–Kier alpha value is -1.39. The van der Waals surface area contributed by atoms with Gasteiger partial charge in [0, 0.05) is 0 Å². The molecule has 0 heterocycles. The molecule has 2 N–H and O–H groups in total. The van der Waals surface area contributed by atoms with Gasteiger partial charge in [0.15, 0.2) is 0 Å². The zero-order chi connectivity index (χ0) is 6.69. The van der Waals surface area contributed by atoms with E-state index in [9.17, 15) is 9.90 Å². The summed E-state index contributed by atoms with van der Waals surface area (Å²) in [4.78, 5) is 10.1. The van der Waals surface area contributed by atoms with Crippen LogP contribution in [0, 0.1) is 0 Å². The summed E-state index contributed by atoms with van der Waals surface area (Å²) in [6, 6.07) is 8.06. The largest absolute Gasteiger partial charge is 0.870 e. The van der Waals surface area contributed by atoms with Crippen LogP contribution in [-0.2, 0) is 0 Å². The van der Waals surface area contributed by atoms with E-state index in [0.717, 1.165) is 0 Å². The Morgan fingerprint density at radius 3 is 1.82 bits per heavy atom. The van der Waals surface area contributed by atoms with Gasteiger partial charge in [-0.05, 0) is 5.56 Å². The first-order valence-electron chi connectivity index (χ1n) is 2.57. The van der Waals surface area contributed by atoms with Gasteiger partial charge >= 0.3 is 0 Å². The van der Waals surface area contributed by atoms with Gasteiger partial charge in [-0.3, -0.25) is 0 Å². The third kappa shape index (κ3) is 3.34. The molecule has 0 aliphatic rings. The predicted molar refractivity (Wildman–Crippen MR) is 34.6 cm³/mol. The van der Waals surface area contributed by atoms with Gasteiger partial charge in [-0.15, -0.1) is 0 Å². The van der Waals surface area contributed by atoms with Crippen molar-refractivity contribution in [2.24, 2.45) is 0 Å². The molecule has 1 rings (SSSR count). The van der Waals surface area contributed by atoms with E-state index < -0.39 is 5.97 Å². The minimum absolute atomic E-state index is 0. The van der Waals surface area contributed by atoms with Gasteiger partial charge in [-0.25, -0.2) is 0 Å². The molecule has 0 unspecified atom stereocenters. The molecule has 0 saturated carbocycles. The summed E-state index contributed by atoms with van der Waals surface area (Å²) >= 11 is 0. The summed E-state index contributed by atoms with van der Waals surface area (Å²) in [6.45, 7) is 0. The van der Waals surface area contributed by atoms with E-state index in [-0.39, 0.29) is 16.5 Å². The second-order valence-electron chi connectivity index (χ2n) is 1.65. The maximum Gasteiger partial charge on any atom is 0.0715 e. The highest BCUT2D eigenvalue weighted by atomic mass is 16.4. The molecule has 1 aromatic rings. The molecule has 0 radical (unpaired) electrons. The molecule has 0 amide bonds. The van der Waals surface area contributed by atoms with Crippen LogP contribution in [0.1, 0.15) is 10.4 Å². The van der Waals surface area contributed by atoms with Crippen LogP contribution < -0.4 is 5.11 Å². The molecule has 0 atom stereocenters. The SMILES string of the molecule is O=C([O-])c1ccccc1.[OH-].[OH-]. The number of carboxylic acids is 1. The topological polar surface area (TPSA) is 100 Å². The van der Waals surface area contributed by atoms with Gasteiger partial charge in [-0.1, -0.05) is 30.3 Å². The smallest absolute Gasteiger partial charge is 0.0715 e. The van der Waals surface area contributed by atoms with Crippen LogP contribution in [0.5, 0.6) is 0 Å². The van der Waals surface area contributed by atoms with Gasteiger partial charge in [0.1, 0.15) is 0 Å². The van der Waals surface area contributed by atoms with Crippen LogP contribution in [0.3, 0.4) is 0 Å². The Morgan fingerprint density at radius 2 is 1.55 bits per heavy atom. The lowest BCUT2D eigenvalue weighted by molar-refractivity contribution is -0.255. The van der Waals surface area contributed by atoms with Crippen LogP contribution >= 0.6 is 0 Å². The third-order valence-electron chi connectivity index (χ3n) is 1.01. The van der Waals surface area contributed by atoms with Gasteiger partial charge in [0.05, 0.1) is 5.97 Å². The quantitative estimate of drug-likeness (QED) is 0.555. The number of carbonyl (C=O) groups is 1. The van der Waals surface area contributed by atoms with Crippen molar-refractivity contribution in [2.45, 2.75) is 0 Å². The summed E-state index contributed by atoms with van der Waals surface area (Å²) in [5.41, 5.74) is 0.220. The maximum absolute atomic E-state index is 10.1. The van der Waals surface area contributed by atoms with E-state index >= 15 is 0 Å². The lowest BCUT2D eigenvalue weighted by Gasteiger charge is -1.97. The molecule has 0 spiro atoms. The highest BCUT2D eigenvalue weighted by Crippen LogP contribution is 1.94. The highest BCUT2D eigenvalue weighted by molar-refractivity contribution is 5.85. The summed E-state index contributed by atoms with van der Waals surface area (Å²) in [7, 11) is 0. The van der Waals surface area contributed by atoms with Crippen molar-refractivity contribution < 1.29 is 20.9 Å². The molecule has 0 bridgehead atoms. The molecule has 0 aromatic heterocycles. The molecule has 4 nitrogen and oxygen atoms in total. The van der Waals surface area contributed by atoms with Crippen molar-refractivity contribution in [1.82, 2.24) is 0 Å². The molecular formula is C7H7O4-3.